The monoisotopic (exact) mass is 424 g/mol. The number of hydrogen-bond acceptors (Lipinski definition) is 8. The maximum absolute atomic E-state index is 11.7. The van der Waals surface area contributed by atoms with Gasteiger partial charge in [-0.15, -0.1) is 0 Å². The third-order valence-corrected chi connectivity index (χ3v) is 5.55. The Hall–Kier alpha value is -3.68. The highest BCUT2D eigenvalue weighted by molar-refractivity contribution is 6.09. The van der Waals surface area contributed by atoms with Gasteiger partial charge in [-0.1, -0.05) is 0 Å². The molecule has 1 unspecified atom stereocenters. The third kappa shape index (κ3) is 3.34. The number of aryl methyl sites for hydroxylation is 2. The van der Waals surface area contributed by atoms with Crippen molar-refractivity contribution in [3.8, 4) is 23.0 Å². The molecule has 31 heavy (non-hydrogen) atoms. The zero-order valence-electron chi connectivity index (χ0n) is 18.0. The molecule has 0 radical (unpaired) electrons. The van der Waals surface area contributed by atoms with Crippen LogP contribution in [0.1, 0.15) is 34.7 Å². The first-order valence-electron chi connectivity index (χ1n) is 9.77. The van der Waals surface area contributed by atoms with Gasteiger partial charge in [0.05, 0.1) is 38.5 Å². The number of fused-ring (bicyclic) bond motifs is 1. The molecule has 0 amide bonds. The van der Waals surface area contributed by atoms with Gasteiger partial charge in [0.2, 0.25) is 5.75 Å². The zero-order valence-corrected chi connectivity index (χ0v) is 18.0. The number of hydrazone groups is 1. The maximum atomic E-state index is 11.7. The topological polar surface area (TPSA) is 103 Å². The lowest BCUT2D eigenvalue weighted by molar-refractivity contribution is 0.320. The number of phenolic OH excluding ortho intramolecular Hbond substituents is 1. The molecule has 1 aromatic heterocycles. The van der Waals surface area contributed by atoms with E-state index < -0.39 is 5.63 Å². The lowest BCUT2D eigenvalue weighted by Gasteiger charge is -2.19. The summed E-state index contributed by atoms with van der Waals surface area (Å²) in [6.07, 6.45) is 0.515. The van der Waals surface area contributed by atoms with Gasteiger partial charge in [0.1, 0.15) is 11.3 Å². The van der Waals surface area contributed by atoms with Gasteiger partial charge < -0.3 is 29.2 Å². The first-order chi connectivity index (χ1) is 14.9. The van der Waals surface area contributed by atoms with Crippen molar-refractivity contribution in [2.45, 2.75) is 26.3 Å². The van der Waals surface area contributed by atoms with E-state index in [1.54, 1.807) is 34.3 Å². The minimum atomic E-state index is -0.447. The van der Waals surface area contributed by atoms with Gasteiger partial charge in [-0.3, -0.25) is 0 Å². The zero-order chi connectivity index (χ0) is 22.3. The Labute approximate surface area is 179 Å². The van der Waals surface area contributed by atoms with E-state index in [1.165, 1.54) is 6.07 Å². The van der Waals surface area contributed by atoms with Crippen LogP contribution in [-0.4, -0.2) is 32.1 Å². The molecule has 0 spiro atoms. The summed E-state index contributed by atoms with van der Waals surface area (Å²) in [5, 5.41) is 16.0. The molecule has 3 aromatic rings. The Bertz CT molecular complexity index is 1260. The lowest BCUT2D eigenvalue weighted by atomic mass is 9.93. The molecule has 2 heterocycles. The molecule has 2 aromatic carbocycles. The highest BCUT2D eigenvalue weighted by Gasteiger charge is 2.30. The van der Waals surface area contributed by atoms with Crippen LogP contribution in [0.2, 0.25) is 0 Å². The van der Waals surface area contributed by atoms with Crippen LogP contribution in [0.3, 0.4) is 0 Å². The molecule has 8 nitrogen and oxygen atoms in total. The molecule has 0 fully saturated rings. The fourth-order valence-electron chi connectivity index (χ4n) is 4.16. The minimum Gasteiger partial charge on any atom is -0.506 e. The standard InChI is InChI=1S/C23H24N2O6/c1-11-8-17-20(12(2)9-18(26)31-17)21(27)19(11)15-10-14(24-25-15)13-6-7-16(28-3)23(30-5)22(13)29-4/h6-9,14,24,27H,10H2,1-5H3. The molecule has 0 saturated carbocycles. The van der Waals surface area contributed by atoms with Crippen molar-refractivity contribution in [2.75, 3.05) is 21.3 Å². The van der Waals surface area contributed by atoms with Crippen LogP contribution in [0.5, 0.6) is 23.0 Å². The van der Waals surface area contributed by atoms with Gasteiger partial charge in [-0.05, 0) is 43.2 Å². The second-order valence-electron chi connectivity index (χ2n) is 7.41. The fourth-order valence-corrected chi connectivity index (χ4v) is 4.16. The second kappa shape index (κ2) is 7.86. The molecule has 0 aliphatic carbocycles. The number of nitrogens with one attached hydrogen (secondary N) is 1. The lowest BCUT2D eigenvalue weighted by Crippen LogP contribution is -2.12. The fraction of sp³-hybridized carbons (Fsp3) is 0.304. The summed E-state index contributed by atoms with van der Waals surface area (Å²) in [5.74, 6) is 1.69. The highest BCUT2D eigenvalue weighted by atomic mass is 16.5. The van der Waals surface area contributed by atoms with E-state index in [2.05, 4.69) is 10.5 Å². The Balaban J connectivity index is 1.75. The number of ether oxygens (including phenoxy) is 3. The Kier molecular flexibility index (Phi) is 5.22. The predicted molar refractivity (Wildman–Crippen MR) is 117 cm³/mol. The van der Waals surface area contributed by atoms with Crippen molar-refractivity contribution in [2.24, 2.45) is 5.10 Å². The minimum absolute atomic E-state index is 0.0525. The summed E-state index contributed by atoms with van der Waals surface area (Å²) in [6, 6.07) is 6.66. The molecule has 2 N–H and O–H groups in total. The molecule has 0 bridgehead atoms. The molecule has 8 heteroatoms. The van der Waals surface area contributed by atoms with Crippen LogP contribution in [0.4, 0.5) is 0 Å². The SMILES string of the molecule is COc1ccc(C2CC(c3c(C)cc4oc(=O)cc(C)c4c3O)=NN2)c(OC)c1OC. The van der Waals surface area contributed by atoms with Crippen LogP contribution >= 0.6 is 0 Å². The molecule has 162 valence electrons. The number of aromatic hydroxyl groups is 1. The van der Waals surface area contributed by atoms with E-state index in [0.29, 0.717) is 51.5 Å². The molecule has 1 aliphatic heterocycles. The Morgan fingerprint density at radius 1 is 1.06 bits per heavy atom. The summed E-state index contributed by atoms with van der Waals surface area (Å²) < 4.78 is 21.7. The second-order valence-corrected chi connectivity index (χ2v) is 7.41. The van der Waals surface area contributed by atoms with Gasteiger partial charge in [0.15, 0.2) is 11.5 Å². The number of nitrogens with zero attached hydrogens (tertiary/aromatic N) is 1. The van der Waals surface area contributed by atoms with Gasteiger partial charge in [-0.25, -0.2) is 4.79 Å². The molecular formula is C23H24N2O6. The van der Waals surface area contributed by atoms with Crippen molar-refractivity contribution in [3.05, 3.63) is 56.9 Å². The van der Waals surface area contributed by atoms with Crippen LogP contribution in [0.15, 0.2) is 38.6 Å². The quantitative estimate of drug-likeness (QED) is 0.604. The maximum Gasteiger partial charge on any atom is 0.336 e. The predicted octanol–water partition coefficient (Wildman–Crippen LogP) is 3.58. The van der Waals surface area contributed by atoms with Crippen molar-refractivity contribution < 1.29 is 23.7 Å². The van der Waals surface area contributed by atoms with Gasteiger partial charge in [0, 0.05) is 23.6 Å². The van der Waals surface area contributed by atoms with E-state index in [0.717, 1.165) is 11.1 Å². The summed E-state index contributed by atoms with van der Waals surface area (Å²) in [5.41, 5.74) is 6.64. The largest absolute Gasteiger partial charge is 0.506 e. The first-order valence-corrected chi connectivity index (χ1v) is 9.77. The van der Waals surface area contributed by atoms with E-state index in [1.807, 2.05) is 19.1 Å². The Morgan fingerprint density at radius 3 is 2.48 bits per heavy atom. The van der Waals surface area contributed by atoms with Crippen molar-refractivity contribution in [1.29, 1.82) is 0 Å². The van der Waals surface area contributed by atoms with Crippen molar-refractivity contribution >= 4 is 16.7 Å². The number of phenols is 1. The van der Waals surface area contributed by atoms with E-state index in [9.17, 15) is 9.90 Å². The Morgan fingerprint density at radius 2 is 1.81 bits per heavy atom. The summed E-state index contributed by atoms with van der Waals surface area (Å²) >= 11 is 0. The number of hydrogen-bond donors (Lipinski definition) is 2. The normalized spacial score (nSPS) is 15.5. The van der Waals surface area contributed by atoms with Gasteiger partial charge in [-0.2, -0.15) is 5.10 Å². The van der Waals surface area contributed by atoms with Crippen molar-refractivity contribution in [3.63, 3.8) is 0 Å². The van der Waals surface area contributed by atoms with Crippen LogP contribution < -0.4 is 25.3 Å². The summed E-state index contributed by atoms with van der Waals surface area (Å²) in [6.45, 7) is 3.62. The highest BCUT2D eigenvalue weighted by Crippen LogP contribution is 2.44. The number of methoxy groups -OCH3 is 3. The van der Waals surface area contributed by atoms with Crippen LogP contribution in [0.25, 0.3) is 11.0 Å². The molecule has 0 saturated heterocycles. The van der Waals surface area contributed by atoms with E-state index in [-0.39, 0.29) is 11.8 Å². The molecule has 4 rings (SSSR count). The average molecular weight is 424 g/mol. The van der Waals surface area contributed by atoms with Crippen molar-refractivity contribution in [1.82, 2.24) is 5.43 Å². The first kappa shape index (κ1) is 20.6. The molecular weight excluding hydrogens is 400 g/mol. The third-order valence-electron chi connectivity index (χ3n) is 5.55. The van der Waals surface area contributed by atoms with Crippen LogP contribution in [0, 0.1) is 13.8 Å². The number of benzene rings is 2. The van der Waals surface area contributed by atoms with E-state index >= 15 is 0 Å². The summed E-state index contributed by atoms with van der Waals surface area (Å²) in [4.78, 5) is 11.7. The smallest absolute Gasteiger partial charge is 0.336 e. The van der Waals surface area contributed by atoms with Gasteiger partial charge >= 0.3 is 5.63 Å². The molecule has 1 aliphatic rings. The van der Waals surface area contributed by atoms with Crippen LogP contribution in [-0.2, 0) is 0 Å². The molecule has 1 atom stereocenters. The number of rotatable bonds is 5. The summed E-state index contributed by atoms with van der Waals surface area (Å²) in [7, 11) is 4.71. The van der Waals surface area contributed by atoms with E-state index in [4.69, 9.17) is 18.6 Å². The van der Waals surface area contributed by atoms with Gasteiger partial charge in [0.25, 0.3) is 0 Å². The average Bonchev–Trinajstić information content (AvgIpc) is 3.20.